The second-order valence-electron chi connectivity index (χ2n) is 8.68. The number of pyridine rings is 1. The number of hydrogen-bond donors (Lipinski definition) is 1. The van der Waals surface area contributed by atoms with E-state index in [2.05, 4.69) is 19.9 Å². The first-order valence-corrected chi connectivity index (χ1v) is 10.9. The Hall–Kier alpha value is -3.88. The lowest BCUT2D eigenvalue weighted by molar-refractivity contribution is -0.160. The van der Waals surface area contributed by atoms with E-state index >= 15 is 0 Å². The lowest BCUT2D eigenvalue weighted by atomic mass is 9.93. The summed E-state index contributed by atoms with van der Waals surface area (Å²) in [6, 6.07) is 14.1. The smallest absolute Gasteiger partial charge is 0.398 e. The molecule has 3 heterocycles. The van der Waals surface area contributed by atoms with Crippen molar-refractivity contribution in [1.29, 1.82) is 0 Å². The SMILES string of the molecule is O=c1[nH]c(Oc2ccc(N3CCc4cc(C5(C(F)(F)F)CC5)ccc43)cc2)nc2cnccc12. The van der Waals surface area contributed by atoms with Crippen molar-refractivity contribution in [3.05, 3.63) is 82.4 Å². The van der Waals surface area contributed by atoms with E-state index in [1.807, 2.05) is 12.1 Å². The van der Waals surface area contributed by atoms with Crippen molar-refractivity contribution in [1.82, 2.24) is 15.0 Å². The average Bonchev–Trinajstić information content (AvgIpc) is 3.54. The van der Waals surface area contributed by atoms with Crippen LogP contribution in [0.15, 0.2) is 65.7 Å². The van der Waals surface area contributed by atoms with Crippen LogP contribution in [0.4, 0.5) is 24.5 Å². The van der Waals surface area contributed by atoms with Gasteiger partial charge in [0.15, 0.2) is 0 Å². The third kappa shape index (κ3) is 3.30. The highest BCUT2D eigenvalue weighted by atomic mass is 19.4. The zero-order valence-electron chi connectivity index (χ0n) is 17.9. The lowest BCUT2D eigenvalue weighted by Crippen LogP contribution is -2.28. The number of aromatic nitrogens is 3. The van der Waals surface area contributed by atoms with Crippen molar-refractivity contribution in [3.63, 3.8) is 0 Å². The molecule has 0 saturated heterocycles. The van der Waals surface area contributed by atoms with Crippen LogP contribution >= 0.6 is 0 Å². The Morgan fingerprint density at radius 2 is 1.85 bits per heavy atom. The molecule has 0 bridgehead atoms. The number of halogens is 3. The number of hydrogen-bond acceptors (Lipinski definition) is 5. The summed E-state index contributed by atoms with van der Waals surface area (Å²) in [6.45, 7) is 0.685. The van der Waals surface area contributed by atoms with Crippen molar-refractivity contribution in [2.45, 2.75) is 30.9 Å². The molecule has 0 radical (unpaired) electrons. The van der Waals surface area contributed by atoms with Gasteiger partial charge in [0.1, 0.15) is 5.75 Å². The Labute approximate surface area is 192 Å². The van der Waals surface area contributed by atoms with Gasteiger partial charge < -0.3 is 9.64 Å². The molecule has 172 valence electrons. The molecule has 1 saturated carbocycles. The van der Waals surface area contributed by atoms with Gasteiger partial charge in [0.05, 0.1) is 22.5 Å². The van der Waals surface area contributed by atoms with Gasteiger partial charge >= 0.3 is 12.2 Å². The van der Waals surface area contributed by atoms with E-state index in [9.17, 15) is 18.0 Å². The van der Waals surface area contributed by atoms with Gasteiger partial charge in [0.2, 0.25) is 0 Å². The van der Waals surface area contributed by atoms with E-state index in [0.29, 0.717) is 35.2 Å². The number of nitrogens with one attached hydrogen (secondary N) is 1. The van der Waals surface area contributed by atoms with E-state index in [0.717, 1.165) is 16.9 Å². The molecule has 1 aliphatic heterocycles. The van der Waals surface area contributed by atoms with Crippen molar-refractivity contribution >= 4 is 22.3 Å². The standard InChI is InChI=1S/C25H19F3N4O2/c26-25(27,28)24(9-10-24)16-1-6-21-15(13-16)8-12-32(21)17-2-4-18(5-3-17)34-23-30-20-14-29-11-7-19(20)22(33)31-23/h1-7,11,13-14H,8-10,12H2,(H,30,31,33). The van der Waals surface area contributed by atoms with Gasteiger partial charge in [-0.2, -0.15) is 18.2 Å². The number of aromatic amines is 1. The van der Waals surface area contributed by atoms with E-state index in [1.54, 1.807) is 36.4 Å². The number of rotatable bonds is 4. The zero-order valence-corrected chi connectivity index (χ0v) is 17.9. The van der Waals surface area contributed by atoms with Crippen LogP contribution in [0.2, 0.25) is 0 Å². The van der Waals surface area contributed by atoms with Gasteiger partial charge in [-0.05, 0) is 66.8 Å². The fourth-order valence-corrected chi connectivity index (χ4v) is 4.65. The van der Waals surface area contributed by atoms with E-state index in [-0.39, 0.29) is 24.4 Å². The number of alkyl halides is 3. The summed E-state index contributed by atoms with van der Waals surface area (Å²) in [6.07, 6.45) is -0.184. The van der Waals surface area contributed by atoms with Crippen LogP contribution in [0.1, 0.15) is 24.0 Å². The Morgan fingerprint density at radius 1 is 1.06 bits per heavy atom. The minimum Gasteiger partial charge on any atom is -0.426 e. The van der Waals surface area contributed by atoms with Gasteiger partial charge in [-0.15, -0.1) is 0 Å². The van der Waals surface area contributed by atoms with Crippen LogP contribution < -0.4 is 15.2 Å². The van der Waals surface area contributed by atoms with Crippen molar-refractivity contribution in [3.8, 4) is 11.8 Å². The highest BCUT2D eigenvalue weighted by molar-refractivity contribution is 5.76. The summed E-state index contributed by atoms with van der Waals surface area (Å²) in [4.78, 5) is 25.2. The Kier molecular flexibility index (Phi) is 4.45. The van der Waals surface area contributed by atoms with Crippen LogP contribution in [0.5, 0.6) is 11.8 Å². The van der Waals surface area contributed by atoms with E-state index in [1.165, 1.54) is 12.4 Å². The Bertz CT molecular complexity index is 1460. The third-order valence-electron chi connectivity index (χ3n) is 6.67. The summed E-state index contributed by atoms with van der Waals surface area (Å²) >= 11 is 0. The highest BCUT2D eigenvalue weighted by Gasteiger charge is 2.64. The van der Waals surface area contributed by atoms with Gasteiger partial charge in [-0.3, -0.25) is 14.8 Å². The Balaban J connectivity index is 1.23. The van der Waals surface area contributed by atoms with Crippen LogP contribution in [0, 0.1) is 0 Å². The third-order valence-corrected chi connectivity index (χ3v) is 6.67. The molecule has 1 N–H and O–H groups in total. The maximum atomic E-state index is 13.5. The van der Waals surface area contributed by atoms with Crippen molar-refractivity contribution < 1.29 is 17.9 Å². The number of nitrogens with zero attached hydrogens (tertiary/aromatic N) is 3. The molecule has 34 heavy (non-hydrogen) atoms. The summed E-state index contributed by atoms with van der Waals surface area (Å²) < 4.78 is 46.3. The fourth-order valence-electron chi connectivity index (χ4n) is 4.65. The monoisotopic (exact) mass is 464 g/mol. The predicted molar refractivity (Wildman–Crippen MR) is 121 cm³/mol. The molecule has 9 heteroatoms. The van der Waals surface area contributed by atoms with Crippen molar-refractivity contribution in [2.24, 2.45) is 0 Å². The first-order valence-electron chi connectivity index (χ1n) is 10.9. The van der Waals surface area contributed by atoms with Crippen LogP contribution in [0.3, 0.4) is 0 Å². The molecule has 2 aromatic carbocycles. The summed E-state index contributed by atoms with van der Waals surface area (Å²) in [7, 11) is 0. The molecule has 2 aromatic heterocycles. The fraction of sp³-hybridized carbons (Fsp3) is 0.240. The zero-order chi connectivity index (χ0) is 23.5. The van der Waals surface area contributed by atoms with E-state index < -0.39 is 11.6 Å². The Morgan fingerprint density at radius 3 is 2.59 bits per heavy atom. The predicted octanol–water partition coefficient (Wildman–Crippen LogP) is 5.40. The minimum atomic E-state index is -4.21. The van der Waals surface area contributed by atoms with Crippen LogP contribution in [0.25, 0.3) is 10.9 Å². The maximum Gasteiger partial charge on any atom is 0.398 e. The molecule has 0 atom stereocenters. The largest absolute Gasteiger partial charge is 0.426 e. The summed E-state index contributed by atoms with van der Waals surface area (Å²) in [5, 5.41) is 0.427. The first kappa shape index (κ1) is 20.7. The summed E-state index contributed by atoms with van der Waals surface area (Å²) in [5.41, 5.74) is 1.58. The molecule has 1 fully saturated rings. The molecule has 2 aliphatic rings. The molecular weight excluding hydrogens is 445 g/mol. The van der Waals surface area contributed by atoms with Gasteiger partial charge in [0.25, 0.3) is 5.56 Å². The quantitative estimate of drug-likeness (QED) is 0.438. The lowest BCUT2D eigenvalue weighted by Gasteiger charge is -2.22. The number of fused-ring (bicyclic) bond motifs is 2. The average molecular weight is 464 g/mol. The molecule has 6 nitrogen and oxygen atoms in total. The maximum absolute atomic E-state index is 13.5. The first-order chi connectivity index (χ1) is 16.3. The topological polar surface area (TPSA) is 71.1 Å². The summed E-state index contributed by atoms with van der Waals surface area (Å²) in [5.74, 6) is 0.491. The van der Waals surface area contributed by atoms with Crippen LogP contribution in [-0.4, -0.2) is 27.7 Å². The van der Waals surface area contributed by atoms with Crippen LogP contribution in [-0.2, 0) is 11.8 Å². The number of benzene rings is 2. The second kappa shape index (κ2) is 7.31. The molecular formula is C25H19F3N4O2. The molecule has 6 rings (SSSR count). The molecule has 4 aromatic rings. The van der Waals surface area contributed by atoms with Crippen molar-refractivity contribution in [2.75, 3.05) is 11.4 Å². The molecule has 0 unspecified atom stereocenters. The normalized spacial score (nSPS) is 16.5. The molecule has 1 aliphatic carbocycles. The van der Waals surface area contributed by atoms with Gasteiger partial charge in [0, 0.05) is 24.1 Å². The van der Waals surface area contributed by atoms with E-state index in [4.69, 9.17) is 4.74 Å². The number of ether oxygens (including phenoxy) is 1. The van der Waals surface area contributed by atoms with Gasteiger partial charge in [-0.1, -0.05) is 12.1 Å². The minimum absolute atomic E-state index is 0.0657. The second-order valence-corrected chi connectivity index (χ2v) is 8.68. The highest BCUT2D eigenvalue weighted by Crippen LogP contribution is 2.59. The molecule has 0 spiro atoms. The van der Waals surface area contributed by atoms with Gasteiger partial charge in [-0.25, -0.2) is 0 Å². The number of anilines is 2. The number of H-pyrrole nitrogens is 1. The molecule has 0 amide bonds.